The molecule has 3 unspecified atom stereocenters. The Balaban J connectivity index is 0.00000484. The van der Waals surface area contributed by atoms with Crippen LogP contribution in [0.5, 0.6) is 0 Å². The Bertz CT molecular complexity index is 441. The third-order valence-electron chi connectivity index (χ3n) is 4.69. The van der Waals surface area contributed by atoms with E-state index in [1.807, 2.05) is 25.1 Å². The Morgan fingerprint density at radius 3 is 2.26 bits per heavy atom. The van der Waals surface area contributed by atoms with Crippen LogP contribution in [-0.4, -0.2) is 22.9 Å². The number of rotatable bonds is 10. The van der Waals surface area contributed by atoms with Gasteiger partial charge >= 0.3 is 0 Å². The van der Waals surface area contributed by atoms with E-state index >= 15 is 0 Å². The van der Waals surface area contributed by atoms with Crippen LogP contribution in [0.4, 0.5) is 0 Å². The van der Waals surface area contributed by atoms with Crippen LogP contribution in [-0.2, 0) is 5.54 Å². The van der Waals surface area contributed by atoms with Gasteiger partial charge in [-0.15, -0.1) is 12.4 Å². The Kier molecular flexibility index (Phi) is 10.7. The van der Waals surface area contributed by atoms with Gasteiger partial charge < -0.3 is 15.9 Å². The molecule has 3 atom stereocenters. The molecule has 3 nitrogen and oxygen atoms in total. The third kappa shape index (κ3) is 5.46. The van der Waals surface area contributed by atoms with Crippen molar-refractivity contribution in [3.8, 4) is 0 Å². The lowest BCUT2D eigenvalue weighted by molar-refractivity contribution is 0.0376. The largest absolute Gasteiger partial charge is 0.394 e. The van der Waals surface area contributed by atoms with Gasteiger partial charge in [0.05, 0.1) is 18.2 Å². The zero-order valence-electron chi connectivity index (χ0n) is 14.8. The summed E-state index contributed by atoms with van der Waals surface area (Å²) < 4.78 is 0. The highest BCUT2D eigenvalue weighted by molar-refractivity contribution is 5.85. The summed E-state index contributed by atoms with van der Waals surface area (Å²) in [5.74, 6) is 0.444. The molecule has 1 aromatic rings. The van der Waals surface area contributed by atoms with Gasteiger partial charge in [-0.2, -0.15) is 0 Å². The minimum atomic E-state index is -1.08. The first-order valence-electron chi connectivity index (χ1n) is 8.72. The first-order chi connectivity index (χ1) is 10.5. The van der Waals surface area contributed by atoms with Crippen molar-refractivity contribution < 1.29 is 10.2 Å². The summed E-state index contributed by atoms with van der Waals surface area (Å²) in [6.45, 7) is 6.05. The molecule has 1 rings (SSSR count). The molecule has 0 spiro atoms. The zero-order valence-corrected chi connectivity index (χ0v) is 15.6. The second-order valence-electron chi connectivity index (χ2n) is 6.34. The van der Waals surface area contributed by atoms with Crippen molar-refractivity contribution in [2.24, 2.45) is 5.73 Å². The first kappa shape index (κ1) is 22.4. The molecule has 4 N–H and O–H groups in total. The number of hydrogen-bond acceptors (Lipinski definition) is 3. The second-order valence-corrected chi connectivity index (χ2v) is 6.34. The van der Waals surface area contributed by atoms with Crippen LogP contribution in [0.2, 0.25) is 0 Å². The average Bonchev–Trinajstić information content (AvgIpc) is 2.57. The summed E-state index contributed by atoms with van der Waals surface area (Å²) >= 11 is 0. The maximum Gasteiger partial charge on any atom is 0.0909 e. The molecule has 0 aliphatic heterocycles. The topological polar surface area (TPSA) is 66.5 Å². The molecular weight excluding hydrogens is 310 g/mol. The van der Waals surface area contributed by atoms with Crippen molar-refractivity contribution >= 4 is 12.4 Å². The number of nitrogens with two attached hydrogens (primary N) is 1. The van der Waals surface area contributed by atoms with Crippen molar-refractivity contribution in [3.63, 3.8) is 0 Å². The fourth-order valence-corrected chi connectivity index (χ4v) is 3.27. The lowest BCUT2D eigenvalue weighted by Gasteiger charge is -2.36. The van der Waals surface area contributed by atoms with Gasteiger partial charge in [-0.3, -0.25) is 0 Å². The van der Waals surface area contributed by atoms with Crippen LogP contribution in [0.25, 0.3) is 0 Å². The van der Waals surface area contributed by atoms with Gasteiger partial charge in [0.15, 0.2) is 0 Å². The van der Waals surface area contributed by atoms with Crippen LogP contribution >= 0.6 is 12.4 Å². The molecule has 0 fully saturated rings. The SMILES string of the molecule is CCCCC(CCC)c1ccccc1C(N)(CO)C(O)CC.Cl. The van der Waals surface area contributed by atoms with Gasteiger partial charge in [-0.25, -0.2) is 0 Å². The number of aliphatic hydroxyl groups is 2. The highest BCUT2D eigenvalue weighted by Gasteiger charge is 2.36. The summed E-state index contributed by atoms with van der Waals surface area (Å²) in [6, 6.07) is 8.06. The minimum Gasteiger partial charge on any atom is -0.394 e. The molecular formula is C19H34ClNO2. The van der Waals surface area contributed by atoms with Gasteiger partial charge in [0, 0.05) is 0 Å². The molecule has 0 radical (unpaired) electrons. The van der Waals surface area contributed by atoms with Crippen LogP contribution in [0.1, 0.15) is 76.3 Å². The normalized spacial score (nSPS) is 16.3. The molecule has 0 aliphatic carbocycles. The number of hydrogen-bond donors (Lipinski definition) is 3. The summed E-state index contributed by atoms with van der Waals surface area (Å²) in [5.41, 5.74) is 7.46. The van der Waals surface area contributed by atoms with Gasteiger partial charge in [0.2, 0.25) is 0 Å². The van der Waals surface area contributed by atoms with E-state index in [-0.39, 0.29) is 19.0 Å². The second kappa shape index (κ2) is 11.0. The minimum absolute atomic E-state index is 0. The van der Waals surface area contributed by atoms with E-state index in [0.717, 1.165) is 24.8 Å². The maximum atomic E-state index is 10.4. The van der Waals surface area contributed by atoms with E-state index in [0.29, 0.717) is 12.3 Å². The molecule has 0 saturated carbocycles. The number of aliphatic hydroxyl groups excluding tert-OH is 2. The molecule has 1 aromatic carbocycles. The van der Waals surface area contributed by atoms with Crippen molar-refractivity contribution in [3.05, 3.63) is 35.4 Å². The summed E-state index contributed by atoms with van der Waals surface area (Å²) in [6.07, 6.45) is 5.51. The fourth-order valence-electron chi connectivity index (χ4n) is 3.27. The number of halogens is 1. The number of benzene rings is 1. The lowest BCUT2D eigenvalue weighted by atomic mass is 9.77. The van der Waals surface area contributed by atoms with E-state index in [1.54, 1.807) is 0 Å². The van der Waals surface area contributed by atoms with Crippen molar-refractivity contribution in [1.29, 1.82) is 0 Å². The predicted octanol–water partition coefficient (Wildman–Crippen LogP) is 4.10. The summed E-state index contributed by atoms with van der Waals surface area (Å²) in [5, 5.41) is 20.2. The van der Waals surface area contributed by atoms with Crippen molar-refractivity contribution in [2.75, 3.05) is 6.61 Å². The third-order valence-corrected chi connectivity index (χ3v) is 4.69. The fraction of sp³-hybridized carbons (Fsp3) is 0.684. The van der Waals surface area contributed by atoms with E-state index < -0.39 is 11.6 Å². The van der Waals surface area contributed by atoms with E-state index in [4.69, 9.17) is 5.73 Å². The monoisotopic (exact) mass is 343 g/mol. The molecule has 0 bridgehead atoms. The average molecular weight is 344 g/mol. The Morgan fingerprint density at radius 2 is 1.74 bits per heavy atom. The lowest BCUT2D eigenvalue weighted by Crippen LogP contribution is -2.51. The molecule has 0 heterocycles. The standard InChI is InChI=1S/C19H33NO2.ClH/c1-4-7-11-15(10-5-2)16-12-8-9-13-17(16)19(20,14-21)18(22)6-3;/h8-9,12-13,15,18,21-22H,4-7,10-11,14,20H2,1-3H3;1H. The molecule has 4 heteroatoms. The summed E-state index contributed by atoms with van der Waals surface area (Å²) in [4.78, 5) is 0. The zero-order chi connectivity index (χ0) is 16.6. The first-order valence-corrected chi connectivity index (χ1v) is 8.72. The van der Waals surface area contributed by atoms with E-state index in [2.05, 4.69) is 19.9 Å². The molecule has 0 aromatic heterocycles. The number of unbranched alkanes of at least 4 members (excludes halogenated alkanes) is 1. The van der Waals surface area contributed by atoms with E-state index in [9.17, 15) is 10.2 Å². The molecule has 0 aliphatic rings. The Hall–Kier alpha value is -0.610. The quantitative estimate of drug-likeness (QED) is 0.599. The van der Waals surface area contributed by atoms with Crippen LogP contribution in [0, 0.1) is 0 Å². The van der Waals surface area contributed by atoms with Crippen LogP contribution in [0.3, 0.4) is 0 Å². The Labute approximate surface area is 147 Å². The van der Waals surface area contributed by atoms with Gasteiger partial charge in [0.25, 0.3) is 0 Å². The van der Waals surface area contributed by atoms with Crippen molar-refractivity contribution in [2.45, 2.75) is 76.9 Å². The highest BCUT2D eigenvalue weighted by atomic mass is 35.5. The maximum absolute atomic E-state index is 10.4. The smallest absolute Gasteiger partial charge is 0.0909 e. The van der Waals surface area contributed by atoms with Crippen LogP contribution < -0.4 is 5.73 Å². The predicted molar refractivity (Wildman–Crippen MR) is 100 cm³/mol. The highest BCUT2D eigenvalue weighted by Crippen LogP contribution is 2.35. The van der Waals surface area contributed by atoms with Gasteiger partial charge in [0.1, 0.15) is 0 Å². The summed E-state index contributed by atoms with van der Waals surface area (Å²) in [7, 11) is 0. The molecule has 134 valence electrons. The van der Waals surface area contributed by atoms with Gasteiger partial charge in [-0.1, -0.05) is 64.3 Å². The van der Waals surface area contributed by atoms with Crippen molar-refractivity contribution in [1.82, 2.24) is 0 Å². The Morgan fingerprint density at radius 1 is 1.09 bits per heavy atom. The molecule has 0 amide bonds. The van der Waals surface area contributed by atoms with Crippen LogP contribution in [0.15, 0.2) is 24.3 Å². The van der Waals surface area contributed by atoms with Gasteiger partial charge in [-0.05, 0) is 36.3 Å². The molecule has 23 heavy (non-hydrogen) atoms. The molecule has 0 saturated heterocycles. The van der Waals surface area contributed by atoms with E-state index in [1.165, 1.54) is 18.4 Å².